The Labute approximate surface area is 179 Å². The van der Waals surface area contributed by atoms with Crippen LogP contribution in [0.1, 0.15) is 19.3 Å². The fourth-order valence-corrected chi connectivity index (χ4v) is 5.05. The van der Waals surface area contributed by atoms with E-state index in [2.05, 4.69) is 19.9 Å². The highest BCUT2D eigenvalue weighted by atomic mass is 35.5. The molecule has 0 bridgehead atoms. The van der Waals surface area contributed by atoms with Gasteiger partial charge in [0.25, 0.3) is 0 Å². The van der Waals surface area contributed by atoms with Gasteiger partial charge in [0.05, 0.1) is 35.8 Å². The number of hydrogen-bond donors (Lipinski definition) is 1. The average molecular weight is 438 g/mol. The van der Waals surface area contributed by atoms with Crippen molar-refractivity contribution in [3.63, 3.8) is 0 Å². The zero-order valence-electron chi connectivity index (χ0n) is 16.6. The summed E-state index contributed by atoms with van der Waals surface area (Å²) in [6.07, 6.45) is 2.65. The van der Waals surface area contributed by atoms with Crippen molar-refractivity contribution >= 4 is 28.3 Å². The van der Waals surface area contributed by atoms with E-state index in [1.165, 1.54) is 0 Å². The van der Waals surface area contributed by atoms with Crippen molar-refractivity contribution < 1.29 is 19.0 Å². The molecule has 3 saturated heterocycles. The summed E-state index contributed by atoms with van der Waals surface area (Å²) in [6, 6.07) is 1.90. The highest BCUT2D eigenvalue weighted by Gasteiger charge is 2.49. The molecule has 5 heterocycles. The Balaban J connectivity index is 1.46. The van der Waals surface area contributed by atoms with Gasteiger partial charge in [0, 0.05) is 38.3 Å². The fourth-order valence-electron chi connectivity index (χ4n) is 4.90. The molecule has 2 aromatic rings. The Morgan fingerprint density at radius 2 is 2.23 bits per heavy atom. The molecule has 162 valence electrons. The Bertz CT molecular complexity index is 937. The van der Waals surface area contributed by atoms with Gasteiger partial charge < -0.3 is 19.5 Å². The summed E-state index contributed by atoms with van der Waals surface area (Å²) in [5.41, 5.74) is 0.339. The van der Waals surface area contributed by atoms with E-state index in [1.54, 1.807) is 12.3 Å². The number of halogens is 2. The maximum Gasteiger partial charge on any atom is 0.319 e. The first-order valence-electron chi connectivity index (χ1n) is 10.4. The van der Waals surface area contributed by atoms with Crippen LogP contribution in [0.25, 0.3) is 10.9 Å². The minimum Gasteiger partial charge on any atom is -0.461 e. The van der Waals surface area contributed by atoms with Crippen LogP contribution in [0.2, 0.25) is 5.15 Å². The van der Waals surface area contributed by atoms with Gasteiger partial charge in [-0.05, 0) is 19.4 Å². The lowest BCUT2D eigenvalue weighted by Gasteiger charge is -2.31. The summed E-state index contributed by atoms with van der Waals surface area (Å²) in [4.78, 5) is 17.5. The van der Waals surface area contributed by atoms with Crippen LogP contribution in [-0.4, -0.2) is 88.8 Å². The Morgan fingerprint density at radius 1 is 1.33 bits per heavy atom. The van der Waals surface area contributed by atoms with Crippen molar-refractivity contribution in [1.29, 1.82) is 0 Å². The number of anilines is 1. The lowest BCUT2D eigenvalue weighted by Crippen LogP contribution is -2.43. The number of ether oxygens (including phenoxy) is 2. The quantitative estimate of drug-likeness (QED) is 0.725. The number of nitrogens with zero attached hydrogens (tertiary/aromatic N) is 5. The first-order valence-corrected chi connectivity index (χ1v) is 10.8. The van der Waals surface area contributed by atoms with E-state index in [-0.39, 0.29) is 18.2 Å². The highest BCUT2D eigenvalue weighted by Crippen LogP contribution is 2.40. The average Bonchev–Trinajstić information content (AvgIpc) is 3.14. The van der Waals surface area contributed by atoms with Gasteiger partial charge in [-0.2, -0.15) is 9.97 Å². The summed E-state index contributed by atoms with van der Waals surface area (Å²) in [7, 11) is 0. The Morgan fingerprint density at radius 3 is 3.13 bits per heavy atom. The number of fused-ring (bicyclic) bond motifs is 2. The largest absolute Gasteiger partial charge is 0.461 e. The van der Waals surface area contributed by atoms with E-state index < -0.39 is 12.3 Å². The summed E-state index contributed by atoms with van der Waals surface area (Å²) in [6.45, 7) is 3.46. The van der Waals surface area contributed by atoms with Gasteiger partial charge in [-0.3, -0.25) is 4.90 Å². The lowest BCUT2D eigenvalue weighted by atomic mass is 9.95. The third-order valence-corrected chi connectivity index (χ3v) is 6.49. The maximum atomic E-state index is 14.1. The monoisotopic (exact) mass is 437 g/mol. The summed E-state index contributed by atoms with van der Waals surface area (Å²) in [5, 5.41) is 11.2. The molecule has 3 fully saturated rings. The van der Waals surface area contributed by atoms with Crippen LogP contribution in [0.3, 0.4) is 0 Å². The van der Waals surface area contributed by atoms with Gasteiger partial charge in [0.15, 0.2) is 0 Å². The second-order valence-corrected chi connectivity index (χ2v) is 8.78. The fraction of sp³-hybridized carbons (Fsp3) is 0.650. The molecule has 8 nitrogen and oxygen atoms in total. The zero-order chi connectivity index (χ0) is 20.7. The van der Waals surface area contributed by atoms with Crippen LogP contribution in [0.15, 0.2) is 12.3 Å². The van der Waals surface area contributed by atoms with E-state index in [0.717, 1.165) is 24.8 Å². The molecule has 1 unspecified atom stereocenters. The number of aliphatic hydroxyl groups is 1. The van der Waals surface area contributed by atoms with Crippen molar-refractivity contribution in [2.75, 3.05) is 50.9 Å². The SMILES string of the molecule is OC1COCCN(c2nc(OC[C@@]34CCCN3C[C@H](F)C4)nc3cc(Cl)ncc23)C1. The molecule has 2 aromatic heterocycles. The molecule has 0 aliphatic carbocycles. The number of rotatable bonds is 4. The van der Waals surface area contributed by atoms with Gasteiger partial charge in [-0.1, -0.05) is 11.6 Å². The van der Waals surface area contributed by atoms with Crippen molar-refractivity contribution in [1.82, 2.24) is 19.9 Å². The number of hydrogen-bond acceptors (Lipinski definition) is 8. The maximum absolute atomic E-state index is 14.1. The predicted octanol–water partition coefficient (Wildman–Crippen LogP) is 1.83. The molecule has 30 heavy (non-hydrogen) atoms. The molecule has 3 aliphatic heterocycles. The molecule has 5 rings (SSSR count). The molecule has 3 aliphatic rings. The molecule has 0 radical (unpaired) electrons. The molecule has 1 N–H and O–H groups in total. The van der Waals surface area contributed by atoms with Gasteiger partial charge in [-0.25, -0.2) is 9.37 Å². The second kappa shape index (κ2) is 8.03. The van der Waals surface area contributed by atoms with Gasteiger partial charge >= 0.3 is 6.01 Å². The zero-order valence-corrected chi connectivity index (χ0v) is 17.4. The third-order valence-electron chi connectivity index (χ3n) is 6.28. The standard InChI is InChI=1S/C20H25ClFN5O3/c21-17-6-16-15(8-23-17)18(26-4-5-29-11-14(28)10-26)25-19(24-16)30-12-20-2-1-3-27(20)9-13(22)7-20/h6,8,13-14,28H,1-5,7,9-12H2/t13-,14?,20+/m1/s1. The highest BCUT2D eigenvalue weighted by molar-refractivity contribution is 6.30. The summed E-state index contributed by atoms with van der Waals surface area (Å²) in [5.74, 6) is 0.624. The van der Waals surface area contributed by atoms with Crippen LogP contribution in [0.4, 0.5) is 10.2 Å². The molecule has 3 atom stereocenters. The molecule has 0 spiro atoms. The number of pyridine rings is 1. The second-order valence-electron chi connectivity index (χ2n) is 8.39. The topological polar surface area (TPSA) is 83.8 Å². The van der Waals surface area contributed by atoms with Crippen LogP contribution >= 0.6 is 11.6 Å². The smallest absolute Gasteiger partial charge is 0.319 e. The number of aliphatic hydroxyl groups excluding tert-OH is 1. The summed E-state index contributed by atoms with van der Waals surface area (Å²) >= 11 is 6.09. The first kappa shape index (κ1) is 20.1. The van der Waals surface area contributed by atoms with E-state index in [4.69, 9.17) is 21.1 Å². The van der Waals surface area contributed by atoms with E-state index in [0.29, 0.717) is 55.8 Å². The first-order chi connectivity index (χ1) is 14.5. The third kappa shape index (κ3) is 3.79. The molecule has 0 aromatic carbocycles. The van der Waals surface area contributed by atoms with Crippen molar-refractivity contribution in [2.45, 2.75) is 37.1 Å². The molecule has 0 saturated carbocycles. The number of alkyl halides is 1. The van der Waals surface area contributed by atoms with Crippen molar-refractivity contribution in [2.24, 2.45) is 0 Å². The molecular formula is C20H25ClFN5O3. The van der Waals surface area contributed by atoms with Crippen LogP contribution in [-0.2, 0) is 4.74 Å². The lowest BCUT2D eigenvalue weighted by molar-refractivity contribution is 0.0597. The molecule has 10 heteroatoms. The Hall–Kier alpha value is -1.81. The van der Waals surface area contributed by atoms with Crippen LogP contribution < -0.4 is 9.64 Å². The predicted molar refractivity (Wildman–Crippen MR) is 110 cm³/mol. The van der Waals surface area contributed by atoms with Crippen molar-refractivity contribution in [3.05, 3.63) is 17.4 Å². The van der Waals surface area contributed by atoms with E-state index in [9.17, 15) is 9.50 Å². The molecular weight excluding hydrogens is 413 g/mol. The molecule has 0 amide bonds. The summed E-state index contributed by atoms with van der Waals surface area (Å²) < 4.78 is 25.6. The van der Waals surface area contributed by atoms with E-state index >= 15 is 0 Å². The minimum atomic E-state index is -0.814. The normalized spacial score (nSPS) is 29.9. The number of aromatic nitrogens is 3. The van der Waals surface area contributed by atoms with Crippen molar-refractivity contribution in [3.8, 4) is 6.01 Å². The van der Waals surface area contributed by atoms with Crippen LogP contribution in [0, 0.1) is 0 Å². The van der Waals surface area contributed by atoms with Gasteiger partial charge in [0.1, 0.15) is 23.7 Å². The van der Waals surface area contributed by atoms with Gasteiger partial charge in [0.2, 0.25) is 0 Å². The van der Waals surface area contributed by atoms with E-state index in [1.807, 2.05) is 4.90 Å². The minimum absolute atomic E-state index is 0.225. The Kier molecular flexibility index (Phi) is 5.38. The van der Waals surface area contributed by atoms with Crippen LogP contribution in [0.5, 0.6) is 6.01 Å². The number of β-amino-alcohol motifs (C(OH)–C–C–N with tert-alkyl or cyclic N) is 1. The van der Waals surface area contributed by atoms with Gasteiger partial charge in [-0.15, -0.1) is 0 Å².